The molecule has 2 aromatic rings. The Labute approximate surface area is 124 Å². The topological polar surface area (TPSA) is 63.1 Å². The molecule has 21 heavy (non-hydrogen) atoms. The molecule has 0 saturated carbocycles. The van der Waals surface area contributed by atoms with E-state index in [0.717, 1.165) is 17.7 Å². The summed E-state index contributed by atoms with van der Waals surface area (Å²) in [6, 6.07) is 6.61. The standard InChI is InChI=1S/C17H18N2O2/c1-12(2)9-14-10-19-16(11-18-14)17(21)8-5-13-3-6-15(20)7-4-13/h3-8,10-12,20H,9H2,1-2H3/b8-5+. The van der Waals surface area contributed by atoms with Gasteiger partial charge in [-0.1, -0.05) is 32.1 Å². The first kappa shape index (κ1) is 14.9. The van der Waals surface area contributed by atoms with Crippen LogP contribution >= 0.6 is 0 Å². The minimum atomic E-state index is -0.188. The van der Waals surface area contributed by atoms with Crippen LogP contribution in [0, 0.1) is 5.92 Å². The van der Waals surface area contributed by atoms with Crippen LogP contribution in [0.3, 0.4) is 0 Å². The lowest BCUT2D eigenvalue weighted by Crippen LogP contribution is -2.03. The van der Waals surface area contributed by atoms with Gasteiger partial charge in [0.15, 0.2) is 0 Å². The van der Waals surface area contributed by atoms with E-state index < -0.39 is 0 Å². The summed E-state index contributed by atoms with van der Waals surface area (Å²) >= 11 is 0. The van der Waals surface area contributed by atoms with Crippen molar-refractivity contribution < 1.29 is 9.90 Å². The van der Waals surface area contributed by atoms with Crippen LogP contribution in [0.5, 0.6) is 5.75 Å². The first-order chi connectivity index (χ1) is 10.0. The second kappa shape index (κ2) is 6.79. The van der Waals surface area contributed by atoms with Crippen LogP contribution in [0.1, 0.15) is 35.6 Å². The molecule has 0 fully saturated rings. The number of nitrogens with zero attached hydrogens (tertiary/aromatic N) is 2. The number of aromatic hydroxyl groups is 1. The monoisotopic (exact) mass is 282 g/mol. The normalized spacial score (nSPS) is 11.2. The fourth-order valence-electron chi connectivity index (χ4n) is 1.85. The molecular weight excluding hydrogens is 264 g/mol. The number of carbonyl (C=O) groups is 1. The molecule has 1 N–H and O–H groups in total. The first-order valence-corrected chi connectivity index (χ1v) is 6.87. The van der Waals surface area contributed by atoms with E-state index >= 15 is 0 Å². The molecule has 0 aliphatic heterocycles. The van der Waals surface area contributed by atoms with E-state index in [1.165, 1.54) is 12.3 Å². The van der Waals surface area contributed by atoms with Crippen molar-refractivity contribution >= 4 is 11.9 Å². The van der Waals surface area contributed by atoms with Gasteiger partial charge >= 0.3 is 0 Å². The number of allylic oxidation sites excluding steroid dienone is 1. The Balaban J connectivity index is 2.04. The predicted octanol–water partition coefficient (Wildman–Crippen LogP) is 3.28. The molecule has 108 valence electrons. The van der Waals surface area contributed by atoms with Gasteiger partial charge in [0, 0.05) is 6.20 Å². The largest absolute Gasteiger partial charge is 0.508 e. The van der Waals surface area contributed by atoms with Crippen LogP contribution in [0.25, 0.3) is 6.08 Å². The second-order valence-electron chi connectivity index (χ2n) is 5.28. The SMILES string of the molecule is CC(C)Cc1cnc(C(=O)/C=C/c2ccc(O)cc2)cn1. The Kier molecular flexibility index (Phi) is 4.82. The van der Waals surface area contributed by atoms with Gasteiger partial charge in [0.1, 0.15) is 11.4 Å². The van der Waals surface area contributed by atoms with Gasteiger partial charge in [0.05, 0.1) is 11.9 Å². The van der Waals surface area contributed by atoms with Crippen molar-refractivity contribution in [3.63, 3.8) is 0 Å². The maximum atomic E-state index is 12.0. The molecule has 0 amide bonds. The highest BCUT2D eigenvalue weighted by Gasteiger charge is 2.05. The van der Waals surface area contributed by atoms with E-state index in [1.54, 1.807) is 36.5 Å². The molecule has 0 aliphatic rings. The molecule has 0 saturated heterocycles. The lowest BCUT2D eigenvalue weighted by molar-refractivity contribution is 0.104. The number of phenolic OH excluding ortho intramolecular Hbond substituents is 1. The summed E-state index contributed by atoms with van der Waals surface area (Å²) in [6.45, 7) is 4.22. The summed E-state index contributed by atoms with van der Waals surface area (Å²) in [5, 5.41) is 9.19. The summed E-state index contributed by atoms with van der Waals surface area (Å²) in [7, 11) is 0. The number of hydrogen-bond acceptors (Lipinski definition) is 4. The Morgan fingerprint density at radius 2 is 1.90 bits per heavy atom. The lowest BCUT2D eigenvalue weighted by Gasteiger charge is -2.03. The van der Waals surface area contributed by atoms with Crippen LogP contribution in [0.4, 0.5) is 0 Å². The van der Waals surface area contributed by atoms with Gasteiger partial charge in [0.2, 0.25) is 5.78 Å². The lowest BCUT2D eigenvalue weighted by atomic mass is 10.1. The van der Waals surface area contributed by atoms with Gasteiger partial charge in [-0.05, 0) is 36.1 Å². The molecule has 0 spiro atoms. The van der Waals surface area contributed by atoms with Gasteiger partial charge in [-0.15, -0.1) is 0 Å². The summed E-state index contributed by atoms with van der Waals surface area (Å²) in [6.07, 6.45) is 7.16. The zero-order valence-electron chi connectivity index (χ0n) is 12.2. The second-order valence-corrected chi connectivity index (χ2v) is 5.28. The molecule has 1 aromatic heterocycles. The molecule has 0 aliphatic carbocycles. The average Bonchev–Trinajstić information content (AvgIpc) is 2.46. The summed E-state index contributed by atoms with van der Waals surface area (Å²) in [4.78, 5) is 20.4. The Hall–Kier alpha value is -2.49. The van der Waals surface area contributed by atoms with Crippen molar-refractivity contribution in [3.05, 3.63) is 59.7 Å². The third kappa shape index (κ3) is 4.53. The van der Waals surface area contributed by atoms with Crippen molar-refractivity contribution in [1.82, 2.24) is 9.97 Å². The minimum Gasteiger partial charge on any atom is -0.508 e. The smallest absolute Gasteiger partial charge is 0.205 e. The van der Waals surface area contributed by atoms with Gasteiger partial charge < -0.3 is 5.11 Å². The van der Waals surface area contributed by atoms with Crippen LogP contribution < -0.4 is 0 Å². The number of phenols is 1. The van der Waals surface area contributed by atoms with E-state index in [4.69, 9.17) is 0 Å². The summed E-state index contributed by atoms with van der Waals surface area (Å²) < 4.78 is 0. The number of ketones is 1. The van der Waals surface area contributed by atoms with Gasteiger partial charge in [0.25, 0.3) is 0 Å². The van der Waals surface area contributed by atoms with Crippen molar-refractivity contribution in [2.45, 2.75) is 20.3 Å². The van der Waals surface area contributed by atoms with Crippen molar-refractivity contribution in [1.29, 1.82) is 0 Å². The maximum Gasteiger partial charge on any atom is 0.205 e. The van der Waals surface area contributed by atoms with E-state index in [0.29, 0.717) is 11.6 Å². The molecule has 0 bridgehead atoms. The van der Waals surface area contributed by atoms with E-state index in [-0.39, 0.29) is 11.5 Å². The van der Waals surface area contributed by atoms with E-state index in [9.17, 15) is 9.90 Å². The minimum absolute atomic E-state index is 0.188. The predicted molar refractivity (Wildman–Crippen MR) is 82.0 cm³/mol. The molecule has 1 aromatic carbocycles. The average molecular weight is 282 g/mol. The Morgan fingerprint density at radius 3 is 2.48 bits per heavy atom. The van der Waals surface area contributed by atoms with Crippen LogP contribution in [0.15, 0.2) is 42.7 Å². The first-order valence-electron chi connectivity index (χ1n) is 6.87. The highest BCUT2D eigenvalue weighted by molar-refractivity contribution is 6.05. The fraction of sp³-hybridized carbons (Fsp3) is 0.235. The van der Waals surface area contributed by atoms with Crippen LogP contribution in [0.2, 0.25) is 0 Å². The quantitative estimate of drug-likeness (QED) is 0.675. The van der Waals surface area contributed by atoms with Crippen molar-refractivity contribution in [2.75, 3.05) is 0 Å². The van der Waals surface area contributed by atoms with Gasteiger partial charge in [-0.3, -0.25) is 9.78 Å². The van der Waals surface area contributed by atoms with Crippen LogP contribution in [-0.2, 0) is 6.42 Å². The van der Waals surface area contributed by atoms with Gasteiger partial charge in [-0.2, -0.15) is 0 Å². The molecule has 1 heterocycles. The Bertz CT molecular complexity index is 629. The number of hydrogen-bond donors (Lipinski definition) is 1. The summed E-state index contributed by atoms with van der Waals surface area (Å²) in [5.41, 5.74) is 2.06. The van der Waals surface area contributed by atoms with E-state index in [2.05, 4.69) is 23.8 Å². The molecule has 0 atom stereocenters. The molecule has 4 nitrogen and oxygen atoms in total. The molecule has 4 heteroatoms. The highest BCUT2D eigenvalue weighted by atomic mass is 16.3. The zero-order chi connectivity index (χ0) is 15.2. The van der Waals surface area contributed by atoms with Crippen molar-refractivity contribution in [3.8, 4) is 5.75 Å². The maximum absolute atomic E-state index is 12.0. The molecule has 0 radical (unpaired) electrons. The number of rotatable bonds is 5. The number of benzene rings is 1. The number of aromatic nitrogens is 2. The highest BCUT2D eigenvalue weighted by Crippen LogP contribution is 2.11. The third-order valence-corrected chi connectivity index (χ3v) is 2.90. The van der Waals surface area contributed by atoms with Crippen LogP contribution in [-0.4, -0.2) is 20.9 Å². The Morgan fingerprint density at radius 1 is 1.19 bits per heavy atom. The molecule has 2 rings (SSSR count). The molecular formula is C17H18N2O2. The third-order valence-electron chi connectivity index (χ3n) is 2.90. The molecule has 0 unspecified atom stereocenters. The zero-order valence-corrected chi connectivity index (χ0v) is 12.2. The fourth-order valence-corrected chi connectivity index (χ4v) is 1.85. The van der Waals surface area contributed by atoms with E-state index in [1.807, 2.05) is 0 Å². The van der Waals surface area contributed by atoms with Gasteiger partial charge in [-0.25, -0.2) is 4.98 Å². The summed E-state index contributed by atoms with van der Waals surface area (Å²) in [5.74, 6) is 0.520. The number of carbonyl (C=O) groups excluding carboxylic acids is 1. The van der Waals surface area contributed by atoms with Crippen molar-refractivity contribution in [2.24, 2.45) is 5.92 Å².